The molecule has 0 bridgehead atoms. The third-order valence-corrected chi connectivity index (χ3v) is 2.41. The van der Waals surface area contributed by atoms with Crippen molar-refractivity contribution in [2.24, 2.45) is 0 Å². The molecule has 0 amide bonds. The fourth-order valence-corrected chi connectivity index (χ4v) is 1.54. The van der Waals surface area contributed by atoms with Gasteiger partial charge in [-0.05, 0) is 28.1 Å². The lowest BCUT2D eigenvalue weighted by Crippen LogP contribution is -2.05. The van der Waals surface area contributed by atoms with Gasteiger partial charge in [-0.3, -0.25) is 0 Å². The molecule has 0 atom stereocenters. The second-order valence-electron chi connectivity index (χ2n) is 2.78. The van der Waals surface area contributed by atoms with Gasteiger partial charge in [0, 0.05) is 6.92 Å². The first-order valence-electron chi connectivity index (χ1n) is 3.85. The summed E-state index contributed by atoms with van der Waals surface area (Å²) in [7, 11) is 0. The molecule has 0 aliphatic heterocycles. The number of hydrogen-bond acceptors (Lipinski definition) is 3. The average Bonchev–Trinajstić information content (AvgIpc) is 2.10. The highest BCUT2D eigenvalue weighted by molar-refractivity contribution is 9.10. The molecule has 5 heteroatoms. The zero-order valence-electron chi connectivity index (χ0n) is 7.17. The van der Waals surface area contributed by atoms with Crippen molar-refractivity contribution in [1.29, 1.82) is 0 Å². The molecule has 0 aliphatic carbocycles. The maximum Gasteiger partial charge on any atom is 0.349 e. The van der Waals surface area contributed by atoms with Crippen molar-refractivity contribution < 1.29 is 8.81 Å². The molecule has 1 aromatic carbocycles. The summed E-state index contributed by atoms with van der Waals surface area (Å²) in [6.45, 7) is 1.54. The summed E-state index contributed by atoms with van der Waals surface area (Å²) < 4.78 is 18.4. The van der Waals surface area contributed by atoms with Crippen LogP contribution in [0.1, 0.15) is 5.89 Å². The van der Waals surface area contributed by atoms with Crippen LogP contribution in [0.15, 0.2) is 25.8 Å². The highest BCUT2D eigenvalue weighted by Crippen LogP contribution is 2.21. The molecule has 72 valence electrons. The third kappa shape index (κ3) is 1.33. The van der Waals surface area contributed by atoms with Crippen molar-refractivity contribution in [3.05, 3.63) is 38.7 Å². The van der Waals surface area contributed by atoms with Crippen LogP contribution < -0.4 is 5.63 Å². The maximum absolute atomic E-state index is 13.4. The van der Waals surface area contributed by atoms with E-state index in [1.165, 1.54) is 6.07 Å². The number of rotatable bonds is 0. The molecule has 0 N–H and O–H groups in total. The predicted octanol–water partition coefficient (Wildman–Crippen LogP) is 2.40. The molecule has 3 nitrogen and oxygen atoms in total. The average molecular weight is 258 g/mol. The summed E-state index contributed by atoms with van der Waals surface area (Å²) in [6.07, 6.45) is 0. The minimum absolute atomic E-state index is 0.120. The predicted molar refractivity (Wildman–Crippen MR) is 52.7 cm³/mol. The molecule has 0 fully saturated rings. The van der Waals surface area contributed by atoms with Gasteiger partial charge in [-0.15, -0.1) is 0 Å². The first-order chi connectivity index (χ1) is 6.59. The number of aryl methyl sites for hydroxylation is 1. The molecule has 2 aromatic rings. The van der Waals surface area contributed by atoms with E-state index in [9.17, 15) is 9.18 Å². The quantitative estimate of drug-likeness (QED) is 0.728. The minimum atomic E-state index is -0.702. The maximum atomic E-state index is 13.4. The fraction of sp³-hybridized carbons (Fsp3) is 0.111. The Bertz CT molecular complexity index is 564. The summed E-state index contributed by atoms with van der Waals surface area (Å²) in [4.78, 5) is 15.2. The van der Waals surface area contributed by atoms with Crippen LogP contribution in [0.4, 0.5) is 4.39 Å². The molecule has 14 heavy (non-hydrogen) atoms. The number of nitrogens with zero attached hydrogens (tertiary/aromatic N) is 1. The van der Waals surface area contributed by atoms with Gasteiger partial charge in [-0.1, -0.05) is 0 Å². The zero-order valence-corrected chi connectivity index (χ0v) is 8.76. The van der Waals surface area contributed by atoms with Gasteiger partial charge in [0.25, 0.3) is 0 Å². The molecule has 1 aromatic heterocycles. The van der Waals surface area contributed by atoms with E-state index in [0.29, 0.717) is 5.52 Å². The van der Waals surface area contributed by atoms with Crippen molar-refractivity contribution in [2.45, 2.75) is 6.92 Å². The van der Waals surface area contributed by atoms with E-state index in [4.69, 9.17) is 4.42 Å². The van der Waals surface area contributed by atoms with E-state index in [1.807, 2.05) is 0 Å². The largest absolute Gasteiger partial charge is 0.408 e. The molecular weight excluding hydrogens is 253 g/mol. The highest BCUT2D eigenvalue weighted by atomic mass is 79.9. The summed E-state index contributed by atoms with van der Waals surface area (Å²) in [5.41, 5.74) is -0.397. The van der Waals surface area contributed by atoms with Gasteiger partial charge in [0.05, 0.1) is 9.99 Å². The Morgan fingerprint density at radius 2 is 2.21 bits per heavy atom. The van der Waals surface area contributed by atoms with Gasteiger partial charge in [0.2, 0.25) is 0 Å². The molecule has 0 spiro atoms. The van der Waals surface area contributed by atoms with E-state index >= 15 is 0 Å². The van der Waals surface area contributed by atoms with E-state index in [2.05, 4.69) is 20.9 Å². The normalized spacial score (nSPS) is 10.8. The topological polar surface area (TPSA) is 43.1 Å². The molecule has 1 heterocycles. The lowest BCUT2D eigenvalue weighted by Gasteiger charge is -1.99. The second kappa shape index (κ2) is 3.16. The summed E-state index contributed by atoms with van der Waals surface area (Å²) in [6, 6.07) is 3.07. The van der Waals surface area contributed by atoms with E-state index in [1.54, 1.807) is 13.0 Å². The summed E-state index contributed by atoms with van der Waals surface area (Å²) >= 11 is 2.99. The van der Waals surface area contributed by atoms with Crippen LogP contribution in [0, 0.1) is 12.7 Å². The lowest BCUT2D eigenvalue weighted by molar-refractivity contribution is 0.463. The van der Waals surface area contributed by atoms with Gasteiger partial charge < -0.3 is 4.42 Å². The van der Waals surface area contributed by atoms with Crippen LogP contribution >= 0.6 is 15.9 Å². The van der Waals surface area contributed by atoms with Crippen LogP contribution in [0.5, 0.6) is 0 Å². The van der Waals surface area contributed by atoms with Crippen molar-refractivity contribution in [3.63, 3.8) is 0 Å². The van der Waals surface area contributed by atoms with Crippen LogP contribution in [-0.2, 0) is 0 Å². The summed E-state index contributed by atoms with van der Waals surface area (Å²) in [5.74, 6) is -0.409. The number of benzene rings is 1. The molecular formula is C9H5BrFNO2. The number of fused-ring (bicyclic) bond motifs is 1. The Balaban J connectivity index is 3.03. The fourth-order valence-electron chi connectivity index (χ4n) is 1.21. The molecule has 0 unspecified atom stereocenters. The molecule has 0 radical (unpaired) electrons. The first kappa shape index (κ1) is 9.33. The third-order valence-electron chi connectivity index (χ3n) is 1.80. The molecule has 0 aliphatic rings. The second-order valence-corrected chi connectivity index (χ2v) is 3.63. The number of halogens is 2. The molecule has 2 rings (SSSR count). The van der Waals surface area contributed by atoms with Crippen LogP contribution in [-0.4, -0.2) is 4.98 Å². The van der Waals surface area contributed by atoms with Crippen LogP contribution in [0.25, 0.3) is 10.9 Å². The Morgan fingerprint density at radius 3 is 2.93 bits per heavy atom. The Morgan fingerprint density at radius 1 is 1.50 bits per heavy atom. The van der Waals surface area contributed by atoms with Gasteiger partial charge in [-0.2, -0.15) is 0 Å². The van der Waals surface area contributed by atoms with Gasteiger partial charge in [-0.25, -0.2) is 14.2 Å². The van der Waals surface area contributed by atoms with Crippen molar-refractivity contribution in [1.82, 2.24) is 4.98 Å². The zero-order chi connectivity index (χ0) is 10.3. The number of aromatic nitrogens is 1. The monoisotopic (exact) mass is 257 g/mol. The van der Waals surface area contributed by atoms with Gasteiger partial charge in [0.15, 0.2) is 11.7 Å². The molecule has 0 saturated heterocycles. The van der Waals surface area contributed by atoms with Crippen molar-refractivity contribution in [2.75, 3.05) is 0 Å². The van der Waals surface area contributed by atoms with Crippen LogP contribution in [0.2, 0.25) is 0 Å². The minimum Gasteiger partial charge on any atom is -0.408 e. The first-order valence-corrected chi connectivity index (χ1v) is 4.64. The van der Waals surface area contributed by atoms with Crippen molar-refractivity contribution in [3.8, 4) is 0 Å². The van der Waals surface area contributed by atoms with E-state index in [0.717, 1.165) is 0 Å². The van der Waals surface area contributed by atoms with Crippen LogP contribution in [0.3, 0.4) is 0 Å². The highest BCUT2D eigenvalue weighted by Gasteiger charge is 2.11. The Hall–Kier alpha value is -1.23. The summed E-state index contributed by atoms with van der Waals surface area (Å²) in [5, 5.41) is -0.120. The van der Waals surface area contributed by atoms with E-state index in [-0.39, 0.29) is 15.7 Å². The van der Waals surface area contributed by atoms with Gasteiger partial charge >= 0.3 is 5.63 Å². The lowest BCUT2D eigenvalue weighted by atomic mass is 10.2. The standard InChI is InChI=1S/C9H5BrFNO2/c1-4-12-6-3-2-5(10)8(11)7(6)9(13)14-4/h2-3H,1H3. The van der Waals surface area contributed by atoms with Crippen molar-refractivity contribution >= 4 is 26.8 Å². The molecule has 0 saturated carbocycles. The SMILES string of the molecule is Cc1nc2ccc(Br)c(F)c2c(=O)o1. The Labute approximate surface area is 86.7 Å². The smallest absolute Gasteiger partial charge is 0.349 e. The van der Waals surface area contributed by atoms with E-state index < -0.39 is 11.4 Å². The number of hydrogen-bond donors (Lipinski definition) is 0. The Kier molecular flexibility index (Phi) is 2.11. The van der Waals surface area contributed by atoms with Gasteiger partial charge in [0.1, 0.15) is 5.39 Å².